The van der Waals surface area contributed by atoms with Gasteiger partial charge in [0.05, 0.1) is 23.0 Å². The first-order valence-corrected chi connectivity index (χ1v) is 5.39. The highest BCUT2D eigenvalue weighted by Gasteiger charge is 2.22. The molecule has 2 rings (SSSR count). The number of halogens is 1. The normalized spacial score (nSPS) is 11.9. The van der Waals surface area contributed by atoms with E-state index in [1.54, 1.807) is 12.1 Å². The van der Waals surface area contributed by atoms with Gasteiger partial charge in [-0.1, -0.05) is 42.5 Å². The number of rotatable bonds is 2. The Kier molecular flexibility index (Phi) is 2.97. The Hall–Kier alpha value is -0.625. The van der Waals surface area contributed by atoms with Gasteiger partial charge in [-0.2, -0.15) is 0 Å². The van der Waals surface area contributed by atoms with Crippen molar-refractivity contribution < 1.29 is 13.0 Å². The summed E-state index contributed by atoms with van der Waals surface area (Å²) in [7, 11) is 0. The van der Waals surface area contributed by atoms with Crippen molar-refractivity contribution >= 4 is 46.0 Å². The van der Waals surface area contributed by atoms with Crippen molar-refractivity contribution in [3.8, 4) is 0 Å². The summed E-state index contributed by atoms with van der Waals surface area (Å²) in [5.74, 6) is 0. The molecule has 0 bridgehead atoms. The van der Waals surface area contributed by atoms with Crippen LogP contribution >= 0.6 is 23.0 Å². The zero-order valence-corrected chi connectivity index (χ0v) is 9.96. The third kappa shape index (κ3) is 2.15. The van der Waals surface area contributed by atoms with Crippen LogP contribution in [-0.2, 0) is 2.98 Å². The fourth-order valence-corrected chi connectivity index (χ4v) is 1.79. The Morgan fingerprint density at radius 2 is 1.67 bits per heavy atom. The third-order valence-electron chi connectivity index (χ3n) is 2.33. The van der Waals surface area contributed by atoms with Crippen molar-refractivity contribution in [1.82, 2.24) is 0 Å². The fraction of sp³-hybridized carbons (Fsp3) is 0. The lowest BCUT2D eigenvalue weighted by Crippen LogP contribution is -2.49. The molecule has 3 nitrogen and oxygen atoms in total. The van der Waals surface area contributed by atoms with Crippen molar-refractivity contribution in [3.05, 3.63) is 42.5 Å². The Balaban J connectivity index is 2.56. The largest absolute Gasteiger partial charge is 0.555 e. The summed E-state index contributed by atoms with van der Waals surface area (Å²) in [6.45, 7) is -2.89. The topological polar surface area (TPSA) is 49.7 Å². The molecule has 0 aliphatic rings. The summed E-state index contributed by atoms with van der Waals surface area (Å²) in [6.07, 6.45) is 0. The maximum atomic E-state index is 9.54. The van der Waals surface area contributed by atoms with Crippen LogP contribution in [0.4, 0.5) is 0 Å². The molecule has 2 N–H and O–H groups in total. The number of benzene rings is 2. The van der Waals surface area contributed by atoms with Gasteiger partial charge in [-0.25, -0.2) is 0 Å². The van der Waals surface area contributed by atoms with E-state index in [2.05, 4.69) is 2.98 Å². The van der Waals surface area contributed by atoms with Gasteiger partial charge in [-0.3, -0.25) is 0 Å². The van der Waals surface area contributed by atoms with Crippen LogP contribution in [0.3, 0.4) is 0 Å². The highest BCUT2D eigenvalue weighted by Crippen LogP contribution is 2.13. The van der Waals surface area contributed by atoms with Crippen molar-refractivity contribution in [2.45, 2.75) is 0 Å². The second-order valence-corrected chi connectivity index (χ2v) is 3.91. The van der Waals surface area contributed by atoms with Crippen LogP contribution in [0.15, 0.2) is 42.5 Å². The minimum atomic E-state index is -2.89. The van der Waals surface area contributed by atoms with Gasteiger partial charge >= 0.3 is 6.75 Å². The van der Waals surface area contributed by atoms with Gasteiger partial charge in [0.25, 0.3) is 0 Å². The van der Waals surface area contributed by atoms with Gasteiger partial charge in [-0.05, 0) is 10.8 Å². The van der Waals surface area contributed by atoms with Crippen LogP contribution in [0.2, 0.25) is 0 Å². The molecule has 0 radical (unpaired) electrons. The summed E-state index contributed by atoms with van der Waals surface area (Å²) < 4.78 is 4.62. The van der Waals surface area contributed by atoms with E-state index in [1.165, 1.54) is 23.0 Å². The minimum absolute atomic E-state index is 0.378. The molecule has 0 amide bonds. The van der Waals surface area contributed by atoms with E-state index in [-0.39, 0.29) is 0 Å². The number of fused-ring (bicyclic) bond motifs is 1. The molecule has 0 fully saturated rings. The van der Waals surface area contributed by atoms with Crippen molar-refractivity contribution in [2.75, 3.05) is 0 Å². The second-order valence-electron chi connectivity index (χ2n) is 3.40. The smallest absolute Gasteiger partial charge is 0.413 e. The maximum absolute atomic E-state index is 9.54. The van der Waals surface area contributed by atoms with Crippen LogP contribution in [0.5, 0.6) is 0 Å². The predicted molar refractivity (Wildman–Crippen MR) is 68.9 cm³/mol. The Labute approximate surface area is 101 Å². The van der Waals surface area contributed by atoms with Gasteiger partial charge in [-0.15, -0.1) is 5.46 Å². The van der Waals surface area contributed by atoms with Crippen LogP contribution < -0.4 is 5.46 Å². The van der Waals surface area contributed by atoms with Gasteiger partial charge in [0.2, 0.25) is 0 Å². The van der Waals surface area contributed by atoms with Crippen molar-refractivity contribution in [1.29, 1.82) is 0 Å². The average Bonchev–Trinajstić information content (AvgIpc) is 2.28. The van der Waals surface area contributed by atoms with E-state index < -0.39 is 6.75 Å². The molecule has 2 aromatic carbocycles. The highest BCUT2D eigenvalue weighted by atomic mass is 127. The van der Waals surface area contributed by atoms with E-state index >= 15 is 0 Å². The summed E-state index contributed by atoms with van der Waals surface area (Å²) in [5, 5.41) is 21.1. The molecule has 0 spiro atoms. The average molecular weight is 315 g/mol. The molecular weight excluding hydrogens is 306 g/mol. The molecule has 0 saturated carbocycles. The van der Waals surface area contributed by atoms with Gasteiger partial charge in [0.15, 0.2) is 0 Å². The van der Waals surface area contributed by atoms with Gasteiger partial charge in [0, 0.05) is 0 Å². The SMILES string of the molecule is O[B-](O)(OI)c1ccc2ccccc2c1. The summed E-state index contributed by atoms with van der Waals surface area (Å²) in [4.78, 5) is 0. The molecule has 0 atom stereocenters. The molecule has 5 heteroatoms. The maximum Gasteiger partial charge on any atom is 0.413 e. The van der Waals surface area contributed by atoms with E-state index in [9.17, 15) is 10.0 Å². The van der Waals surface area contributed by atoms with Crippen molar-refractivity contribution in [2.24, 2.45) is 0 Å². The number of hydrogen-bond acceptors (Lipinski definition) is 3. The molecule has 0 unspecified atom stereocenters. The second kappa shape index (κ2) is 4.09. The van der Waals surface area contributed by atoms with Crippen LogP contribution in [0.1, 0.15) is 0 Å². The lowest BCUT2D eigenvalue weighted by Gasteiger charge is -2.26. The molecule has 0 heterocycles. The first kappa shape index (κ1) is 10.9. The predicted octanol–water partition coefficient (Wildman–Crippen LogP) is 1.34. The Morgan fingerprint density at radius 1 is 1.00 bits per heavy atom. The van der Waals surface area contributed by atoms with Gasteiger partial charge in [0.1, 0.15) is 0 Å². The van der Waals surface area contributed by atoms with Crippen LogP contribution in [0, 0.1) is 0 Å². The fourth-order valence-electron chi connectivity index (χ4n) is 1.49. The lowest BCUT2D eigenvalue weighted by molar-refractivity contribution is 0.295. The third-order valence-corrected chi connectivity index (χ3v) is 3.04. The standard InChI is InChI=1S/C10H9BIO3/c12-15-11(13,14)10-6-5-8-3-1-2-4-9(8)7-10/h1-7,13-14H/q-1. The van der Waals surface area contributed by atoms with Gasteiger partial charge < -0.3 is 13.0 Å². The zero-order valence-electron chi connectivity index (χ0n) is 7.80. The van der Waals surface area contributed by atoms with Crippen molar-refractivity contribution in [3.63, 3.8) is 0 Å². The molecule has 15 heavy (non-hydrogen) atoms. The molecule has 0 aliphatic heterocycles. The molecule has 0 aromatic heterocycles. The Bertz CT molecular complexity index is 487. The summed E-state index contributed by atoms with van der Waals surface area (Å²) in [6, 6.07) is 12.9. The first-order chi connectivity index (χ1) is 7.13. The molecule has 0 saturated heterocycles. The van der Waals surface area contributed by atoms with Crippen LogP contribution in [0.25, 0.3) is 10.8 Å². The number of hydrogen-bond donors (Lipinski definition) is 2. The molecular formula is C10H9BIO3-. The quantitative estimate of drug-likeness (QED) is 0.649. The first-order valence-electron chi connectivity index (χ1n) is 4.51. The summed E-state index contributed by atoms with van der Waals surface area (Å²) >= 11 is 1.49. The summed E-state index contributed by atoms with van der Waals surface area (Å²) in [5.41, 5.74) is 0.378. The molecule has 78 valence electrons. The molecule has 2 aromatic rings. The zero-order chi connectivity index (χ0) is 10.9. The van der Waals surface area contributed by atoms with E-state index in [4.69, 9.17) is 0 Å². The van der Waals surface area contributed by atoms with Crippen LogP contribution in [-0.4, -0.2) is 16.8 Å². The minimum Gasteiger partial charge on any atom is -0.555 e. The highest BCUT2D eigenvalue weighted by molar-refractivity contribution is 14.1. The van der Waals surface area contributed by atoms with E-state index in [1.807, 2.05) is 30.3 Å². The Morgan fingerprint density at radius 3 is 2.33 bits per heavy atom. The lowest BCUT2D eigenvalue weighted by atomic mass is 9.70. The monoisotopic (exact) mass is 315 g/mol. The molecule has 0 aliphatic carbocycles. The van der Waals surface area contributed by atoms with E-state index in [0.29, 0.717) is 5.46 Å². The van der Waals surface area contributed by atoms with E-state index in [0.717, 1.165) is 10.8 Å².